The van der Waals surface area contributed by atoms with Gasteiger partial charge in [0.2, 0.25) is 0 Å². The van der Waals surface area contributed by atoms with E-state index < -0.39 is 0 Å². The predicted octanol–water partition coefficient (Wildman–Crippen LogP) is 2.73. The van der Waals surface area contributed by atoms with Gasteiger partial charge in [-0.25, -0.2) is 4.39 Å². The van der Waals surface area contributed by atoms with E-state index in [2.05, 4.69) is 5.32 Å². The molecule has 1 saturated carbocycles. The first kappa shape index (κ1) is 13.3. The van der Waals surface area contributed by atoms with Gasteiger partial charge < -0.3 is 10.1 Å². The van der Waals surface area contributed by atoms with Crippen LogP contribution in [0, 0.1) is 15.3 Å². The molecule has 1 aliphatic carbocycles. The number of carbonyl (C=O) groups is 1. The van der Waals surface area contributed by atoms with E-state index in [1.54, 1.807) is 0 Å². The molecule has 3 rings (SSSR count). The van der Waals surface area contributed by atoms with E-state index in [0.29, 0.717) is 21.7 Å². The van der Waals surface area contributed by atoms with Gasteiger partial charge in [-0.1, -0.05) is 0 Å². The number of hydrogen-bond donors (Lipinski definition) is 1. The molecular formula is C14H15FINO2. The molecule has 0 spiro atoms. The summed E-state index contributed by atoms with van der Waals surface area (Å²) in [4.78, 5) is 12.2. The van der Waals surface area contributed by atoms with E-state index in [0.717, 1.165) is 6.42 Å². The number of carbonyl (C=O) groups excluding carboxylic acids is 1. The van der Waals surface area contributed by atoms with Crippen LogP contribution >= 0.6 is 22.6 Å². The molecule has 2 unspecified atom stereocenters. The summed E-state index contributed by atoms with van der Waals surface area (Å²) < 4.78 is 19.4. The van der Waals surface area contributed by atoms with Crippen LogP contribution in [-0.4, -0.2) is 24.7 Å². The largest absolute Gasteiger partial charge is 0.376 e. The van der Waals surface area contributed by atoms with Crippen LogP contribution in [0.5, 0.6) is 0 Å². The average Bonchev–Trinajstić information content (AvgIpc) is 3.10. The summed E-state index contributed by atoms with van der Waals surface area (Å²) >= 11 is 1.99. The number of benzene rings is 1. The quantitative estimate of drug-likeness (QED) is 0.826. The van der Waals surface area contributed by atoms with E-state index in [-0.39, 0.29) is 23.9 Å². The minimum Gasteiger partial charge on any atom is -0.376 e. The van der Waals surface area contributed by atoms with Crippen molar-refractivity contribution in [3.05, 3.63) is 33.1 Å². The monoisotopic (exact) mass is 375 g/mol. The normalized spacial score (nSPS) is 26.4. The van der Waals surface area contributed by atoms with Crippen molar-refractivity contribution in [1.29, 1.82) is 0 Å². The molecule has 1 heterocycles. The highest BCUT2D eigenvalue weighted by atomic mass is 127. The SMILES string of the molecule is O=C(NC1CCOC1C1CC1)c1ccc(F)cc1I. The van der Waals surface area contributed by atoms with Crippen LogP contribution in [0.4, 0.5) is 4.39 Å². The summed E-state index contributed by atoms with van der Waals surface area (Å²) in [6.07, 6.45) is 3.43. The molecule has 1 aromatic rings. The standard InChI is InChI=1S/C14H15FINO2/c15-9-3-4-10(11(16)7-9)14(18)17-12-5-6-19-13(12)8-1-2-8/h3-4,7-8,12-13H,1-2,5-6H2,(H,17,18). The maximum atomic E-state index is 13.0. The van der Waals surface area contributed by atoms with Crippen molar-refractivity contribution >= 4 is 28.5 Å². The third-order valence-corrected chi connectivity index (χ3v) is 4.61. The molecule has 1 aromatic carbocycles. The molecule has 2 aliphatic rings. The maximum absolute atomic E-state index is 13.0. The topological polar surface area (TPSA) is 38.3 Å². The highest BCUT2D eigenvalue weighted by molar-refractivity contribution is 14.1. The smallest absolute Gasteiger partial charge is 0.252 e. The summed E-state index contributed by atoms with van der Waals surface area (Å²) in [5.41, 5.74) is 0.531. The third kappa shape index (κ3) is 2.91. The lowest BCUT2D eigenvalue weighted by Gasteiger charge is -2.19. The van der Waals surface area contributed by atoms with Crippen LogP contribution in [-0.2, 0) is 4.74 Å². The molecular weight excluding hydrogens is 360 g/mol. The Morgan fingerprint density at radius 3 is 2.84 bits per heavy atom. The number of ether oxygens (including phenoxy) is 1. The first-order chi connectivity index (χ1) is 9.15. The number of amides is 1. The van der Waals surface area contributed by atoms with Crippen molar-refractivity contribution in [3.8, 4) is 0 Å². The van der Waals surface area contributed by atoms with Gasteiger partial charge in [-0.15, -0.1) is 0 Å². The van der Waals surface area contributed by atoms with Gasteiger partial charge in [0.1, 0.15) is 5.82 Å². The van der Waals surface area contributed by atoms with Gasteiger partial charge in [-0.3, -0.25) is 4.79 Å². The van der Waals surface area contributed by atoms with E-state index in [1.165, 1.54) is 31.0 Å². The molecule has 2 atom stereocenters. The molecule has 19 heavy (non-hydrogen) atoms. The minimum absolute atomic E-state index is 0.0980. The molecule has 1 aliphatic heterocycles. The lowest BCUT2D eigenvalue weighted by Crippen LogP contribution is -2.41. The maximum Gasteiger partial charge on any atom is 0.252 e. The molecule has 1 saturated heterocycles. The fourth-order valence-corrected chi connectivity index (χ4v) is 3.30. The van der Waals surface area contributed by atoms with E-state index in [9.17, 15) is 9.18 Å². The second-order valence-electron chi connectivity index (χ2n) is 5.17. The Labute approximate surface area is 125 Å². The molecule has 3 nitrogen and oxygen atoms in total. The molecule has 0 bridgehead atoms. The molecule has 0 aromatic heterocycles. The highest BCUT2D eigenvalue weighted by Gasteiger charge is 2.41. The van der Waals surface area contributed by atoms with Crippen LogP contribution < -0.4 is 5.32 Å². The molecule has 1 N–H and O–H groups in total. The van der Waals surface area contributed by atoms with E-state index in [1.807, 2.05) is 22.6 Å². The van der Waals surface area contributed by atoms with Crippen molar-refractivity contribution < 1.29 is 13.9 Å². The first-order valence-electron chi connectivity index (χ1n) is 6.52. The van der Waals surface area contributed by atoms with Gasteiger partial charge >= 0.3 is 0 Å². The molecule has 2 fully saturated rings. The Bertz CT molecular complexity index is 504. The Morgan fingerprint density at radius 1 is 1.37 bits per heavy atom. The summed E-state index contributed by atoms with van der Waals surface area (Å²) in [5.74, 6) is 0.159. The summed E-state index contributed by atoms with van der Waals surface area (Å²) in [5, 5.41) is 3.04. The summed E-state index contributed by atoms with van der Waals surface area (Å²) in [7, 11) is 0. The zero-order valence-electron chi connectivity index (χ0n) is 10.4. The van der Waals surface area contributed by atoms with Crippen LogP contribution in [0.3, 0.4) is 0 Å². The number of halogens is 2. The lowest BCUT2D eigenvalue weighted by atomic mass is 10.1. The van der Waals surface area contributed by atoms with Gasteiger partial charge in [0.15, 0.2) is 0 Å². The fraction of sp³-hybridized carbons (Fsp3) is 0.500. The van der Waals surface area contributed by atoms with Crippen molar-refractivity contribution in [3.63, 3.8) is 0 Å². The van der Waals surface area contributed by atoms with Crippen LogP contribution in [0.25, 0.3) is 0 Å². The number of hydrogen-bond acceptors (Lipinski definition) is 2. The van der Waals surface area contributed by atoms with Gasteiger partial charge in [-0.2, -0.15) is 0 Å². The molecule has 102 valence electrons. The molecule has 5 heteroatoms. The Kier molecular flexibility index (Phi) is 3.75. The van der Waals surface area contributed by atoms with Gasteiger partial charge in [0, 0.05) is 10.2 Å². The Morgan fingerprint density at radius 2 is 2.16 bits per heavy atom. The number of rotatable bonds is 3. The van der Waals surface area contributed by atoms with Crippen LogP contribution in [0.1, 0.15) is 29.6 Å². The van der Waals surface area contributed by atoms with E-state index >= 15 is 0 Å². The Hall–Kier alpha value is -0.690. The number of nitrogens with one attached hydrogen (secondary N) is 1. The predicted molar refractivity (Wildman–Crippen MR) is 77.5 cm³/mol. The molecule has 1 amide bonds. The minimum atomic E-state index is -0.319. The van der Waals surface area contributed by atoms with Gasteiger partial charge in [-0.05, 0) is 66.0 Å². The zero-order chi connectivity index (χ0) is 13.4. The zero-order valence-corrected chi connectivity index (χ0v) is 12.5. The fourth-order valence-electron chi connectivity index (χ4n) is 2.57. The summed E-state index contributed by atoms with van der Waals surface area (Å²) in [6.45, 7) is 0.715. The van der Waals surface area contributed by atoms with E-state index in [4.69, 9.17) is 4.74 Å². The van der Waals surface area contributed by atoms with Crippen LogP contribution in [0.15, 0.2) is 18.2 Å². The lowest BCUT2D eigenvalue weighted by molar-refractivity contribution is 0.0729. The summed E-state index contributed by atoms with van der Waals surface area (Å²) in [6, 6.07) is 4.33. The first-order valence-corrected chi connectivity index (χ1v) is 7.60. The molecule has 0 radical (unpaired) electrons. The average molecular weight is 375 g/mol. The van der Waals surface area contributed by atoms with Crippen LogP contribution in [0.2, 0.25) is 0 Å². The van der Waals surface area contributed by atoms with Gasteiger partial charge in [0.05, 0.1) is 17.7 Å². The van der Waals surface area contributed by atoms with Crippen molar-refractivity contribution in [2.45, 2.75) is 31.4 Å². The Balaban J connectivity index is 1.70. The highest BCUT2D eigenvalue weighted by Crippen LogP contribution is 2.38. The van der Waals surface area contributed by atoms with Crippen molar-refractivity contribution in [2.24, 2.45) is 5.92 Å². The van der Waals surface area contributed by atoms with Gasteiger partial charge in [0.25, 0.3) is 5.91 Å². The van der Waals surface area contributed by atoms with Crippen molar-refractivity contribution in [1.82, 2.24) is 5.32 Å². The third-order valence-electron chi connectivity index (χ3n) is 3.71. The second kappa shape index (κ2) is 5.36. The second-order valence-corrected chi connectivity index (χ2v) is 6.33. The van der Waals surface area contributed by atoms with Crippen molar-refractivity contribution in [2.75, 3.05) is 6.61 Å².